The first kappa shape index (κ1) is 17.5. The van der Waals surface area contributed by atoms with Crippen LogP contribution in [0.15, 0.2) is 31.6 Å². The molecule has 0 aliphatic heterocycles. The van der Waals surface area contributed by atoms with E-state index in [0.29, 0.717) is 24.4 Å². The zero-order chi connectivity index (χ0) is 13.8. The van der Waals surface area contributed by atoms with Crippen molar-refractivity contribution in [2.24, 2.45) is 5.73 Å². The summed E-state index contributed by atoms with van der Waals surface area (Å²) in [5, 5.41) is 3.70. The molecule has 20 heavy (non-hydrogen) atoms. The summed E-state index contributed by atoms with van der Waals surface area (Å²) in [6, 6.07) is 5.53. The van der Waals surface area contributed by atoms with E-state index < -0.39 is 0 Å². The number of nitrogens with one attached hydrogen (secondary N) is 1. The Morgan fingerprint density at radius 1 is 1.25 bits per heavy atom. The van der Waals surface area contributed by atoms with Gasteiger partial charge in [-0.25, -0.2) is 0 Å². The molecule has 1 aromatic carbocycles. The quantitative estimate of drug-likeness (QED) is 0.714. The average Bonchev–Trinajstić information content (AvgIpc) is 2.78. The molecule has 1 aromatic heterocycles. The highest BCUT2D eigenvalue weighted by atomic mass is 79.9. The van der Waals surface area contributed by atoms with Gasteiger partial charge in [0.2, 0.25) is 0 Å². The third kappa shape index (κ3) is 4.22. The number of carbonyl (C=O) groups excluding carboxylic acids is 1. The van der Waals surface area contributed by atoms with Crippen molar-refractivity contribution < 1.29 is 9.21 Å². The highest BCUT2D eigenvalue weighted by Crippen LogP contribution is 2.30. The monoisotopic (exact) mass is 424 g/mol. The summed E-state index contributed by atoms with van der Waals surface area (Å²) < 4.78 is 7.32. The fourth-order valence-corrected chi connectivity index (χ4v) is 3.09. The lowest BCUT2D eigenvalue weighted by molar-refractivity contribution is 0.0927. The van der Waals surface area contributed by atoms with Crippen LogP contribution in [0.4, 0.5) is 0 Å². The Kier molecular flexibility index (Phi) is 7.02. The maximum absolute atomic E-state index is 11.9. The Morgan fingerprint density at radius 3 is 2.70 bits per heavy atom. The fraction of sp³-hybridized carbons (Fsp3) is 0.308. The van der Waals surface area contributed by atoms with Crippen LogP contribution in [0.3, 0.4) is 0 Å². The van der Waals surface area contributed by atoms with E-state index in [1.54, 1.807) is 6.07 Å². The topological polar surface area (TPSA) is 68.3 Å². The van der Waals surface area contributed by atoms with Gasteiger partial charge in [-0.3, -0.25) is 4.79 Å². The van der Waals surface area contributed by atoms with Crippen molar-refractivity contribution in [1.82, 2.24) is 5.32 Å². The smallest absolute Gasteiger partial charge is 0.287 e. The van der Waals surface area contributed by atoms with E-state index in [1.165, 1.54) is 0 Å². The van der Waals surface area contributed by atoms with Gasteiger partial charge < -0.3 is 15.5 Å². The van der Waals surface area contributed by atoms with Crippen molar-refractivity contribution in [3.05, 3.63) is 32.9 Å². The van der Waals surface area contributed by atoms with Gasteiger partial charge in [-0.1, -0.05) is 15.9 Å². The molecule has 0 aliphatic rings. The number of halogens is 3. The van der Waals surface area contributed by atoms with Crippen molar-refractivity contribution in [3.63, 3.8) is 0 Å². The molecule has 0 aliphatic carbocycles. The second-order valence-electron chi connectivity index (χ2n) is 4.17. The van der Waals surface area contributed by atoms with Crippen LogP contribution >= 0.6 is 44.3 Å². The molecule has 1 heterocycles. The van der Waals surface area contributed by atoms with Gasteiger partial charge >= 0.3 is 0 Å². The number of fused-ring (bicyclic) bond motifs is 1. The molecule has 0 atom stereocenters. The van der Waals surface area contributed by atoms with Gasteiger partial charge in [0, 0.05) is 16.4 Å². The Bertz CT molecular complexity index is 601. The van der Waals surface area contributed by atoms with Crippen molar-refractivity contribution >= 4 is 61.1 Å². The SMILES string of the molecule is Cl.NCCCCNC(=O)c1cc2cc(Br)cc(Br)c2o1. The molecule has 0 fully saturated rings. The summed E-state index contributed by atoms with van der Waals surface area (Å²) >= 11 is 6.82. The molecule has 110 valence electrons. The van der Waals surface area contributed by atoms with Crippen LogP contribution in [0, 0.1) is 0 Å². The first-order chi connectivity index (χ1) is 9.11. The number of carbonyl (C=O) groups is 1. The number of furan rings is 1. The predicted octanol–water partition coefficient (Wildman–Crippen LogP) is 3.85. The molecule has 7 heteroatoms. The van der Waals surface area contributed by atoms with E-state index in [9.17, 15) is 4.79 Å². The van der Waals surface area contributed by atoms with Crippen LogP contribution in [0.2, 0.25) is 0 Å². The van der Waals surface area contributed by atoms with Gasteiger partial charge in [-0.2, -0.15) is 0 Å². The number of amides is 1. The minimum atomic E-state index is -0.198. The lowest BCUT2D eigenvalue weighted by atomic mass is 10.2. The van der Waals surface area contributed by atoms with Crippen LogP contribution in [0.5, 0.6) is 0 Å². The number of nitrogens with two attached hydrogens (primary N) is 1. The third-order valence-electron chi connectivity index (χ3n) is 2.68. The summed E-state index contributed by atoms with van der Waals surface area (Å²) in [5.41, 5.74) is 6.07. The standard InChI is InChI=1S/C13H14Br2N2O2.ClH/c14-9-5-8-6-11(19-12(8)10(15)7-9)13(18)17-4-2-1-3-16;/h5-7H,1-4,16H2,(H,17,18);1H. The molecular weight excluding hydrogens is 411 g/mol. The molecule has 0 bridgehead atoms. The van der Waals surface area contributed by atoms with E-state index >= 15 is 0 Å². The van der Waals surface area contributed by atoms with E-state index in [1.807, 2.05) is 12.1 Å². The lowest BCUT2D eigenvalue weighted by Gasteiger charge is -2.01. The Balaban J connectivity index is 0.00000200. The molecule has 3 N–H and O–H groups in total. The first-order valence-corrected chi connectivity index (χ1v) is 7.57. The summed E-state index contributed by atoms with van der Waals surface area (Å²) in [7, 11) is 0. The molecule has 0 saturated heterocycles. The van der Waals surface area contributed by atoms with Crippen molar-refractivity contribution in [1.29, 1.82) is 0 Å². The van der Waals surface area contributed by atoms with Gasteiger partial charge in [0.05, 0.1) is 4.47 Å². The minimum absolute atomic E-state index is 0. The van der Waals surface area contributed by atoms with Crippen molar-refractivity contribution in [2.45, 2.75) is 12.8 Å². The molecular formula is C13H15Br2ClN2O2. The Hall–Kier alpha value is -0.560. The van der Waals surface area contributed by atoms with E-state index in [0.717, 1.165) is 27.2 Å². The Morgan fingerprint density at radius 2 is 2.00 bits per heavy atom. The zero-order valence-electron chi connectivity index (χ0n) is 10.6. The average molecular weight is 427 g/mol. The summed E-state index contributed by atoms with van der Waals surface area (Å²) in [6.45, 7) is 1.25. The summed E-state index contributed by atoms with van der Waals surface area (Å²) in [4.78, 5) is 11.9. The third-order valence-corrected chi connectivity index (χ3v) is 3.72. The highest BCUT2D eigenvalue weighted by Gasteiger charge is 2.13. The largest absolute Gasteiger partial charge is 0.450 e. The Labute approximate surface area is 140 Å². The maximum Gasteiger partial charge on any atom is 0.287 e. The number of unbranched alkanes of at least 4 members (excludes halogenated alkanes) is 1. The fourth-order valence-electron chi connectivity index (χ4n) is 1.75. The second kappa shape index (κ2) is 8.02. The molecule has 2 rings (SSSR count). The molecule has 2 aromatic rings. The highest BCUT2D eigenvalue weighted by molar-refractivity contribution is 9.11. The maximum atomic E-state index is 11.9. The number of rotatable bonds is 5. The van der Waals surface area contributed by atoms with Crippen LogP contribution < -0.4 is 11.1 Å². The van der Waals surface area contributed by atoms with E-state index in [-0.39, 0.29) is 18.3 Å². The van der Waals surface area contributed by atoms with Gasteiger partial charge in [0.25, 0.3) is 5.91 Å². The molecule has 1 amide bonds. The lowest BCUT2D eigenvalue weighted by Crippen LogP contribution is -2.24. The van der Waals surface area contributed by atoms with Crippen LogP contribution in [0.25, 0.3) is 11.0 Å². The molecule has 0 radical (unpaired) electrons. The molecule has 0 unspecified atom stereocenters. The van der Waals surface area contributed by atoms with E-state index in [4.69, 9.17) is 10.2 Å². The predicted molar refractivity (Wildman–Crippen MR) is 89.5 cm³/mol. The molecule has 0 saturated carbocycles. The van der Waals surface area contributed by atoms with Crippen molar-refractivity contribution in [2.75, 3.05) is 13.1 Å². The normalized spacial score (nSPS) is 10.3. The summed E-state index contributed by atoms with van der Waals surface area (Å²) in [6.07, 6.45) is 1.77. The van der Waals surface area contributed by atoms with Crippen LogP contribution in [-0.4, -0.2) is 19.0 Å². The zero-order valence-corrected chi connectivity index (χ0v) is 14.6. The second-order valence-corrected chi connectivity index (χ2v) is 5.94. The van der Waals surface area contributed by atoms with Crippen LogP contribution in [0.1, 0.15) is 23.4 Å². The van der Waals surface area contributed by atoms with Gasteiger partial charge in [-0.05, 0) is 53.5 Å². The first-order valence-electron chi connectivity index (χ1n) is 5.98. The molecule has 0 spiro atoms. The summed E-state index contributed by atoms with van der Waals surface area (Å²) in [5.74, 6) is 0.123. The number of benzene rings is 1. The minimum Gasteiger partial charge on any atom is -0.450 e. The molecule has 4 nitrogen and oxygen atoms in total. The van der Waals surface area contributed by atoms with E-state index in [2.05, 4.69) is 37.2 Å². The van der Waals surface area contributed by atoms with Gasteiger partial charge in [0.15, 0.2) is 5.76 Å². The van der Waals surface area contributed by atoms with Gasteiger partial charge in [0.1, 0.15) is 5.58 Å². The number of hydrogen-bond donors (Lipinski definition) is 2. The van der Waals surface area contributed by atoms with Crippen molar-refractivity contribution in [3.8, 4) is 0 Å². The number of hydrogen-bond acceptors (Lipinski definition) is 3. The van der Waals surface area contributed by atoms with Gasteiger partial charge in [-0.15, -0.1) is 12.4 Å². The van der Waals surface area contributed by atoms with Crippen LogP contribution in [-0.2, 0) is 0 Å².